The van der Waals surface area contributed by atoms with Crippen molar-refractivity contribution in [2.75, 3.05) is 0 Å². The molecule has 0 amide bonds. The Morgan fingerprint density at radius 1 is 1.17 bits per heavy atom. The monoisotopic (exact) mass is 260 g/mol. The molecule has 1 aromatic heterocycles. The highest BCUT2D eigenvalue weighted by atomic mass is 32.1. The molecule has 2 aromatic rings. The quantitative estimate of drug-likeness (QED) is 0.882. The van der Waals surface area contributed by atoms with Gasteiger partial charge >= 0.3 is 0 Å². The lowest BCUT2D eigenvalue weighted by atomic mass is 9.86. The number of thiazole rings is 1. The van der Waals surface area contributed by atoms with Crippen LogP contribution in [0.4, 0.5) is 0 Å². The number of hydrogen-bond acceptors (Lipinski definition) is 3. The number of nitrogens with two attached hydrogens (primary N) is 1. The third-order valence-electron chi connectivity index (χ3n) is 2.96. The first-order valence-electron chi connectivity index (χ1n) is 6.20. The maximum Gasteiger partial charge on any atom is 0.110 e. The van der Waals surface area contributed by atoms with Gasteiger partial charge in [-0.25, -0.2) is 4.98 Å². The smallest absolute Gasteiger partial charge is 0.110 e. The first kappa shape index (κ1) is 13.2. The summed E-state index contributed by atoms with van der Waals surface area (Å²) in [6.07, 6.45) is 0. The van der Waals surface area contributed by atoms with Gasteiger partial charge in [-0.05, 0) is 17.9 Å². The molecular weight excluding hydrogens is 240 g/mol. The van der Waals surface area contributed by atoms with E-state index in [1.807, 2.05) is 6.92 Å². The minimum atomic E-state index is 0.0117. The van der Waals surface area contributed by atoms with Crippen LogP contribution in [0.25, 0.3) is 11.3 Å². The molecule has 1 unspecified atom stereocenters. The van der Waals surface area contributed by atoms with Crippen molar-refractivity contribution in [2.45, 2.75) is 39.2 Å². The highest BCUT2D eigenvalue weighted by molar-refractivity contribution is 7.10. The summed E-state index contributed by atoms with van der Waals surface area (Å²) in [5.41, 5.74) is 9.55. The second-order valence-corrected chi connectivity index (χ2v) is 6.58. The molecule has 18 heavy (non-hydrogen) atoms. The first-order valence-corrected chi connectivity index (χ1v) is 7.08. The zero-order valence-corrected chi connectivity index (χ0v) is 12.2. The summed E-state index contributed by atoms with van der Waals surface area (Å²) < 4.78 is 0. The highest BCUT2D eigenvalue weighted by Gasteiger charge is 2.14. The van der Waals surface area contributed by atoms with Crippen LogP contribution >= 0.6 is 11.3 Å². The summed E-state index contributed by atoms with van der Waals surface area (Å²) in [6.45, 7) is 8.63. The van der Waals surface area contributed by atoms with Crippen molar-refractivity contribution in [3.8, 4) is 11.3 Å². The van der Waals surface area contributed by atoms with E-state index in [0.717, 1.165) is 16.3 Å². The summed E-state index contributed by atoms with van der Waals surface area (Å²) in [5, 5.41) is 3.06. The van der Waals surface area contributed by atoms with Crippen molar-refractivity contribution in [1.82, 2.24) is 4.98 Å². The van der Waals surface area contributed by atoms with Crippen molar-refractivity contribution in [1.29, 1.82) is 0 Å². The molecule has 1 atom stereocenters. The number of hydrogen-bond donors (Lipinski definition) is 1. The lowest BCUT2D eigenvalue weighted by molar-refractivity contribution is 0.590. The third kappa shape index (κ3) is 2.79. The van der Waals surface area contributed by atoms with E-state index in [9.17, 15) is 0 Å². The summed E-state index contributed by atoms with van der Waals surface area (Å²) in [5.74, 6) is 0. The summed E-state index contributed by atoms with van der Waals surface area (Å²) in [4.78, 5) is 4.57. The Balaban J connectivity index is 2.29. The van der Waals surface area contributed by atoms with Crippen LogP contribution in [-0.2, 0) is 5.41 Å². The predicted octanol–water partition coefficient (Wildman–Crippen LogP) is 4.13. The summed E-state index contributed by atoms with van der Waals surface area (Å²) in [6, 6.07) is 8.65. The van der Waals surface area contributed by atoms with E-state index < -0.39 is 0 Å². The molecule has 0 bridgehead atoms. The fourth-order valence-electron chi connectivity index (χ4n) is 1.77. The van der Waals surface area contributed by atoms with Crippen LogP contribution in [0.2, 0.25) is 0 Å². The van der Waals surface area contributed by atoms with E-state index >= 15 is 0 Å². The second kappa shape index (κ2) is 4.82. The first-order chi connectivity index (χ1) is 8.38. The van der Waals surface area contributed by atoms with E-state index in [1.54, 1.807) is 11.3 Å². The second-order valence-electron chi connectivity index (χ2n) is 5.69. The molecule has 0 spiro atoms. The molecular formula is C15H20N2S. The predicted molar refractivity (Wildman–Crippen MR) is 78.9 cm³/mol. The molecule has 2 nitrogen and oxygen atoms in total. The van der Waals surface area contributed by atoms with Gasteiger partial charge in [0.05, 0.1) is 11.7 Å². The standard InChI is InChI=1S/C15H20N2S/c1-10(16)14-17-13(9-18-14)11-5-7-12(8-6-11)15(2,3)4/h5-10H,16H2,1-4H3. The highest BCUT2D eigenvalue weighted by Crippen LogP contribution is 2.28. The molecule has 2 rings (SSSR count). The van der Waals surface area contributed by atoms with Gasteiger partial charge < -0.3 is 5.73 Å². The molecule has 0 aliphatic rings. The minimum absolute atomic E-state index is 0.0117. The number of benzene rings is 1. The molecule has 0 saturated heterocycles. The SMILES string of the molecule is CC(N)c1nc(-c2ccc(C(C)(C)C)cc2)cs1. The fourth-order valence-corrected chi connectivity index (χ4v) is 2.56. The average molecular weight is 260 g/mol. The van der Waals surface area contributed by atoms with Crippen LogP contribution in [0.15, 0.2) is 29.6 Å². The third-order valence-corrected chi connectivity index (χ3v) is 4.00. The maximum absolute atomic E-state index is 5.83. The van der Waals surface area contributed by atoms with Crippen molar-refractivity contribution < 1.29 is 0 Å². The molecule has 0 aliphatic carbocycles. The Morgan fingerprint density at radius 2 is 1.78 bits per heavy atom. The van der Waals surface area contributed by atoms with Crippen LogP contribution in [0.5, 0.6) is 0 Å². The molecule has 1 heterocycles. The topological polar surface area (TPSA) is 38.9 Å². The fraction of sp³-hybridized carbons (Fsp3) is 0.400. The number of rotatable bonds is 2. The van der Waals surface area contributed by atoms with E-state index in [4.69, 9.17) is 5.73 Å². The molecule has 0 aliphatic heterocycles. The van der Waals surface area contributed by atoms with Gasteiger partial charge in [0.15, 0.2) is 0 Å². The van der Waals surface area contributed by atoms with Gasteiger partial charge in [0, 0.05) is 10.9 Å². The van der Waals surface area contributed by atoms with Gasteiger partial charge in [-0.3, -0.25) is 0 Å². The van der Waals surface area contributed by atoms with E-state index in [-0.39, 0.29) is 11.5 Å². The van der Waals surface area contributed by atoms with E-state index in [1.165, 1.54) is 5.56 Å². The number of nitrogens with zero attached hydrogens (tertiary/aromatic N) is 1. The van der Waals surface area contributed by atoms with E-state index in [2.05, 4.69) is 55.4 Å². The van der Waals surface area contributed by atoms with Gasteiger partial charge in [0.2, 0.25) is 0 Å². The lowest BCUT2D eigenvalue weighted by Gasteiger charge is -2.18. The Hall–Kier alpha value is -1.19. The zero-order chi connectivity index (χ0) is 13.3. The summed E-state index contributed by atoms with van der Waals surface area (Å²) >= 11 is 1.63. The van der Waals surface area contributed by atoms with Crippen LogP contribution in [0, 0.1) is 0 Å². The Labute approximate surface area is 113 Å². The molecule has 2 N–H and O–H groups in total. The molecule has 3 heteroatoms. The van der Waals surface area contributed by atoms with Crippen molar-refractivity contribution in [2.24, 2.45) is 5.73 Å². The Bertz CT molecular complexity index is 518. The van der Waals surface area contributed by atoms with Crippen LogP contribution in [0.1, 0.15) is 44.3 Å². The van der Waals surface area contributed by atoms with Gasteiger partial charge in [-0.2, -0.15) is 0 Å². The van der Waals surface area contributed by atoms with Gasteiger partial charge in [-0.15, -0.1) is 11.3 Å². The number of aromatic nitrogens is 1. The van der Waals surface area contributed by atoms with Crippen LogP contribution in [-0.4, -0.2) is 4.98 Å². The van der Waals surface area contributed by atoms with Gasteiger partial charge in [-0.1, -0.05) is 45.0 Å². The zero-order valence-electron chi connectivity index (χ0n) is 11.4. The Kier molecular flexibility index (Phi) is 3.55. The van der Waals surface area contributed by atoms with Crippen LogP contribution < -0.4 is 5.73 Å². The minimum Gasteiger partial charge on any atom is -0.322 e. The molecule has 96 valence electrons. The van der Waals surface area contributed by atoms with Crippen molar-refractivity contribution in [3.05, 3.63) is 40.2 Å². The van der Waals surface area contributed by atoms with Crippen molar-refractivity contribution >= 4 is 11.3 Å². The molecule has 0 saturated carbocycles. The van der Waals surface area contributed by atoms with E-state index in [0.29, 0.717) is 0 Å². The van der Waals surface area contributed by atoms with Crippen LogP contribution in [0.3, 0.4) is 0 Å². The summed E-state index contributed by atoms with van der Waals surface area (Å²) in [7, 11) is 0. The largest absolute Gasteiger partial charge is 0.322 e. The molecule has 0 fully saturated rings. The molecule has 1 aromatic carbocycles. The molecule has 0 radical (unpaired) electrons. The average Bonchev–Trinajstić information content (AvgIpc) is 2.77. The lowest BCUT2D eigenvalue weighted by Crippen LogP contribution is -2.10. The van der Waals surface area contributed by atoms with Crippen molar-refractivity contribution in [3.63, 3.8) is 0 Å². The van der Waals surface area contributed by atoms with Gasteiger partial charge in [0.1, 0.15) is 5.01 Å². The van der Waals surface area contributed by atoms with Gasteiger partial charge in [0.25, 0.3) is 0 Å². The normalized spacial score (nSPS) is 13.6. The Morgan fingerprint density at radius 3 is 2.22 bits per heavy atom. The maximum atomic E-state index is 5.83.